The lowest BCUT2D eigenvalue weighted by molar-refractivity contribution is -0.132. The summed E-state index contributed by atoms with van der Waals surface area (Å²) in [5, 5.41) is 27.6. The van der Waals surface area contributed by atoms with Gasteiger partial charge in [-0.25, -0.2) is 8.42 Å². The summed E-state index contributed by atoms with van der Waals surface area (Å²) in [5.74, 6) is 1.16. The van der Waals surface area contributed by atoms with Crippen molar-refractivity contribution in [1.82, 2.24) is 10.6 Å². The molecule has 0 bridgehead atoms. The van der Waals surface area contributed by atoms with Gasteiger partial charge in [-0.05, 0) is 57.8 Å². The van der Waals surface area contributed by atoms with Crippen LogP contribution in [0.4, 0.5) is 0 Å². The number of terminal acetylenes is 1. The Hall–Kier alpha value is -1.63. The van der Waals surface area contributed by atoms with Crippen LogP contribution in [0.25, 0.3) is 0 Å². The van der Waals surface area contributed by atoms with Crippen LogP contribution < -0.4 is 10.6 Å². The Morgan fingerprint density at radius 1 is 0.881 bits per heavy atom. The highest BCUT2D eigenvalue weighted by Crippen LogP contribution is 2.32. The van der Waals surface area contributed by atoms with E-state index in [0.29, 0.717) is 25.2 Å². The summed E-state index contributed by atoms with van der Waals surface area (Å²) < 4.78 is 25.3. The van der Waals surface area contributed by atoms with E-state index >= 15 is 0 Å². The van der Waals surface area contributed by atoms with Gasteiger partial charge in [-0.1, -0.05) is 78.1 Å². The zero-order valence-corrected chi connectivity index (χ0v) is 27.6. The summed E-state index contributed by atoms with van der Waals surface area (Å²) in [6.07, 6.45) is 15.4. The molecule has 2 rings (SSSR count). The van der Waals surface area contributed by atoms with E-state index in [9.17, 15) is 28.2 Å². The summed E-state index contributed by atoms with van der Waals surface area (Å²) >= 11 is 0. The van der Waals surface area contributed by atoms with E-state index in [4.69, 9.17) is 6.42 Å². The maximum Gasteiger partial charge on any atom is 0.243 e. The number of aliphatic hydroxyl groups excluding tert-OH is 2. The second kappa shape index (κ2) is 17.0. The van der Waals surface area contributed by atoms with Crippen LogP contribution in [0.15, 0.2) is 0 Å². The molecule has 8 nitrogen and oxygen atoms in total. The van der Waals surface area contributed by atoms with Crippen LogP contribution >= 0.6 is 0 Å². The number of sulfone groups is 1. The van der Waals surface area contributed by atoms with Crippen LogP contribution in [0, 0.1) is 36.0 Å². The average Bonchev–Trinajstić information content (AvgIpc) is 2.91. The van der Waals surface area contributed by atoms with Crippen molar-refractivity contribution < 1.29 is 28.2 Å². The molecule has 2 fully saturated rings. The molecular formula is C33H58N2O6S. The van der Waals surface area contributed by atoms with Crippen molar-refractivity contribution in [2.45, 2.75) is 154 Å². The van der Waals surface area contributed by atoms with E-state index in [1.807, 2.05) is 13.8 Å². The van der Waals surface area contributed by atoms with E-state index < -0.39 is 56.6 Å². The quantitative estimate of drug-likeness (QED) is 0.202. The normalized spacial score (nSPS) is 21.1. The number of amides is 2. The second-order valence-corrected chi connectivity index (χ2v) is 17.1. The van der Waals surface area contributed by atoms with Gasteiger partial charge in [0.15, 0.2) is 9.84 Å². The van der Waals surface area contributed by atoms with Gasteiger partial charge in [0.1, 0.15) is 12.1 Å². The van der Waals surface area contributed by atoms with E-state index in [1.165, 1.54) is 6.42 Å². The zero-order valence-electron chi connectivity index (χ0n) is 26.7. The third kappa shape index (κ3) is 11.8. The molecule has 0 spiro atoms. The summed E-state index contributed by atoms with van der Waals surface area (Å²) in [7, 11) is -3.59. The molecule has 0 heterocycles. The lowest BCUT2D eigenvalue weighted by Gasteiger charge is -2.34. The van der Waals surface area contributed by atoms with Gasteiger partial charge >= 0.3 is 0 Å². The van der Waals surface area contributed by atoms with Gasteiger partial charge in [0, 0.05) is 6.42 Å². The number of carbonyl (C=O) groups excluding carboxylic acids is 2. The Kier molecular flexibility index (Phi) is 14.8. The van der Waals surface area contributed by atoms with Gasteiger partial charge in [0.25, 0.3) is 0 Å². The van der Waals surface area contributed by atoms with Crippen LogP contribution in [-0.2, 0) is 19.4 Å². The molecule has 0 aromatic rings. The van der Waals surface area contributed by atoms with Gasteiger partial charge < -0.3 is 20.8 Å². The Morgan fingerprint density at radius 2 is 1.40 bits per heavy atom. The second-order valence-electron chi connectivity index (χ2n) is 14.3. The van der Waals surface area contributed by atoms with E-state index in [0.717, 1.165) is 57.8 Å². The maximum absolute atomic E-state index is 13.7. The van der Waals surface area contributed by atoms with Gasteiger partial charge in [0.2, 0.25) is 11.8 Å². The molecule has 2 saturated carbocycles. The van der Waals surface area contributed by atoms with Crippen LogP contribution in [0.5, 0.6) is 0 Å². The predicted octanol–water partition coefficient (Wildman–Crippen LogP) is 4.52. The third-order valence-electron chi connectivity index (χ3n) is 9.18. The van der Waals surface area contributed by atoms with Crippen molar-refractivity contribution in [1.29, 1.82) is 0 Å². The third-order valence-corrected chi connectivity index (χ3v) is 11.9. The van der Waals surface area contributed by atoms with E-state index in [-0.39, 0.29) is 24.0 Å². The molecule has 5 atom stereocenters. The fraction of sp³-hybridized carbons (Fsp3) is 0.879. The molecule has 42 heavy (non-hydrogen) atoms. The monoisotopic (exact) mass is 610 g/mol. The number of rotatable bonds is 15. The van der Waals surface area contributed by atoms with Gasteiger partial charge in [-0.3, -0.25) is 9.59 Å². The summed E-state index contributed by atoms with van der Waals surface area (Å²) in [4.78, 5) is 27.3. The van der Waals surface area contributed by atoms with Crippen molar-refractivity contribution >= 4 is 21.7 Å². The number of nitrogens with one attached hydrogen (secondary N) is 2. The Bertz CT molecular complexity index is 987. The van der Waals surface area contributed by atoms with Gasteiger partial charge in [-0.15, -0.1) is 12.3 Å². The molecule has 2 amide bonds. The molecular weight excluding hydrogens is 552 g/mol. The van der Waals surface area contributed by atoms with Crippen molar-refractivity contribution in [3.8, 4) is 12.3 Å². The van der Waals surface area contributed by atoms with E-state index in [1.54, 1.807) is 20.8 Å². The fourth-order valence-corrected chi connectivity index (χ4v) is 7.76. The largest absolute Gasteiger partial charge is 0.390 e. The molecule has 0 saturated heterocycles. The van der Waals surface area contributed by atoms with Crippen molar-refractivity contribution in [2.75, 3.05) is 5.75 Å². The molecule has 4 N–H and O–H groups in total. The maximum atomic E-state index is 13.7. The highest BCUT2D eigenvalue weighted by Gasteiger charge is 2.38. The first-order valence-electron chi connectivity index (χ1n) is 16.3. The molecule has 2 aliphatic carbocycles. The molecule has 0 aromatic carbocycles. The highest BCUT2D eigenvalue weighted by atomic mass is 32.2. The standard InChI is InChI=1S/C33H58N2O6S/c1-7-14-27(32(39)35-28(21-25-17-12-9-13-18-25)30(37)29(36)19-23(2)3)34-31(38)26(20-24-15-10-8-11-16-24)22-42(40,41)33(4,5)6/h1,23-30,36-37H,8-22H2,2-6H3,(H,34,38)(H,35,39)/t26-,27+,28+,29+,30-/m1/s1. The SMILES string of the molecule is C#CC[C@H](NC(=O)[C@H](CC1CCCCC1)CS(=O)(=O)C(C)(C)C)C(=O)N[C@@H](CC1CCCCC1)[C@@H](O)[C@@H](O)CC(C)C. The number of hydrogen-bond donors (Lipinski definition) is 4. The Morgan fingerprint density at radius 3 is 1.88 bits per heavy atom. The van der Waals surface area contributed by atoms with Crippen LogP contribution in [0.1, 0.15) is 125 Å². The number of hydrogen-bond acceptors (Lipinski definition) is 6. The fourth-order valence-electron chi connectivity index (χ4n) is 6.45. The Balaban J connectivity index is 2.23. The molecule has 242 valence electrons. The number of carbonyl (C=O) groups is 2. The first-order chi connectivity index (χ1) is 19.6. The van der Waals surface area contributed by atoms with Crippen LogP contribution in [0.3, 0.4) is 0 Å². The molecule has 0 aliphatic heterocycles. The van der Waals surface area contributed by atoms with Gasteiger partial charge in [-0.2, -0.15) is 0 Å². The minimum absolute atomic E-state index is 0.0689. The summed E-state index contributed by atoms with van der Waals surface area (Å²) in [5.41, 5.74) is 0. The number of aliphatic hydroxyl groups is 2. The average molecular weight is 611 g/mol. The molecule has 0 aromatic heterocycles. The smallest absolute Gasteiger partial charge is 0.243 e. The van der Waals surface area contributed by atoms with Crippen molar-refractivity contribution in [2.24, 2.45) is 23.7 Å². The topological polar surface area (TPSA) is 133 Å². The highest BCUT2D eigenvalue weighted by molar-refractivity contribution is 7.92. The van der Waals surface area contributed by atoms with Crippen LogP contribution in [0.2, 0.25) is 0 Å². The molecule has 9 heteroatoms. The summed E-state index contributed by atoms with van der Waals surface area (Å²) in [6, 6.07) is -1.76. The molecule has 0 radical (unpaired) electrons. The van der Waals surface area contributed by atoms with Crippen molar-refractivity contribution in [3.05, 3.63) is 0 Å². The summed E-state index contributed by atoms with van der Waals surface area (Å²) in [6.45, 7) is 8.84. The van der Waals surface area contributed by atoms with Gasteiger partial charge in [0.05, 0.1) is 28.6 Å². The Labute approximate surface area is 255 Å². The molecule has 2 aliphatic rings. The zero-order chi connectivity index (χ0) is 31.5. The predicted molar refractivity (Wildman–Crippen MR) is 168 cm³/mol. The lowest BCUT2D eigenvalue weighted by Crippen LogP contribution is -2.56. The molecule has 0 unspecified atom stereocenters. The van der Waals surface area contributed by atoms with Crippen molar-refractivity contribution in [3.63, 3.8) is 0 Å². The van der Waals surface area contributed by atoms with Crippen LogP contribution in [-0.4, -0.2) is 65.2 Å². The lowest BCUT2D eigenvalue weighted by atomic mass is 9.82. The van der Waals surface area contributed by atoms with E-state index in [2.05, 4.69) is 16.6 Å². The minimum atomic E-state index is -3.59. The minimum Gasteiger partial charge on any atom is -0.390 e. The first-order valence-corrected chi connectivity index (χ1v) is 17.9. The first kappa shape index (κ1) is 36.6.